The van der Waals surface area contributed by atoms with Crippen molar-refractivity contribution >= 4 is 29.1 Å². The highest BCUT2D eigenvalue weighted by Gasteiger charge is 2.29. The second kappa shape index (κ2) is 8.40. The summed E-state index contributed by atoms with van der Waals surface area (Å²) < 4.78 is 2.45. The van der Waals surface area contributed by atoms with E-state index in [-0.39, 0.29) is 12.4 Å². The summed E-state index contributed by atoms with van der Waals surface area (Å²) in [7, 11) is 0. The van der Waals surface area contributed by atoms with Crippen LogP contribution in [0, 0.1) is 13.8 Å². The van der Waals surface area contributed by atoms with Crippen molar-refractivity contribution in [1.82, 2.24) is 9.55 Å². The van der Waals surface area contributed by atoms with Crippen LogP contribution in [0.15, 0.2) is 49.2 Å². The van der Waals surface area contributed by atoms with Gasteiger partial charge in [-0.1, -0.05) is 37.3 Å². The number of allylic oxidation sites excluding steroid dienone is 1. The molecule has 0 fully saturated rings. The lowest BCUT2D eigenvalue weighted by molar-refractivity contribution is 0.562. The Morgan fingerprint density at radius 2 is 2.00 bits per heavy atom. The quantitative estimate of drug-likeness (QED) is 0.482. The van der Waals surface area contributed by atoms with Crippen molar-refractivity contribution in [2.45, 2.75) is 52.6 Å². The molecule has 1 atom stereocenters. The molecule has 0 bridgehead atoms. The Morgan fingerprint density at radius 3 is 2.75 bits per heavy atom. The molecule has 0 saturated carbocycles. The molecule has 0 radical (unpaired) electrons. The first-order valence-electron chi connectivity index (χ1n) is 10.1. The smallest absolute Gasteiger partial charge is 0.153 e. The van der Waals surface area contributed by atoms with E-state index in [0.29, 0.717) is 6.04 Å². The van der Waals surface area contributed by atoms with Crippen LogP contribution >= 0.6 is 12.4 Å². The molecule has 0 amide bonds. The number of fused-ring (bicyclic) bond motifs is 2. The normalized spacial score (nSPS) is 16.0. The number of pyridine rings is 1. The summed E-state index contributed by atoms with van der Waals surface area (Å²) in [5.74, 6) is 1.13. The van der Waals surface area contributed by atoms with Crippen LogP contribution in [0.4, 0.5) is 5.82 Å². The highest BCUT2D eigenvalue weighted by molar-refractivity contribution is 5.93. The van der Waals surface area contributed by atoms with E-state index in [0.717, 1.165) is 38.2 Å². The molecule has 3 nitrogen and oxygen atoms in total. The van der Waals surface area contributed by atoms with Crippen molar-refractivity contribution in [2.75, 3.05) is 11.4 Å². The molecule has 0 aliphatic carbocycles. The summed E-state index contributed by atoms with van der Waals surface area (Å²) in [6, 6.07) is 11.5. The first-order valence-corrected chi connectivity index (χ1v) is 10.1. The Kier molecular flexibility index (Phi) is 6.14. The number of aryl methyl sites for hydroxylation is 2. The molecule has 1 aliphatic heterocycles. The molecule has 1 unspecified atom stereocenters. The molecule has 1 aromatic carbocycles. The van der Waals surface area contributed by atoms with Crippen molar-refractivity contribution in [1.29, 1.82) is 0 Å². The SMILES string of the molecule is C=CCCn1c(C)c(C)c2ccnc(N3CCc4ccccc4C3CC)c21.Cl. The molecule has 0 spiro atoms. The molecule has 2 aromatic heterocycles. The summed E-state index contributed by atoms with van der Waals surface area (Å²) >= 11 is 0. The van der Waals surface area contributed by atoms with Gasteiger partial charge < -0.3 is 9.47 Å². The van der Waals surface area contributed by atoms with Crippen LogP contribution in [0.2, 0.25) is 0 Å². The maximum absolute atomic E-state index is 4.90. The van der Waals surface area contributed by atoms with Crippen molar-refractivity contribution in [3.63, 3.8) is 0 Å². The van der Waals surface area contributed by atoms with Crippen molar-refractivity contribution in [2.24, 2.45) is 0 Å². The van der Waals surface area contributed by atoms with Crippen LogP contribution in [-0.4, -0.2) is 16.1 Å². The van der Waals surface area contributed by atoms with Gasteiger partial charge in [-0.25, -0.2) is 4.98 Å². The third-order valence-electron chi connectivity index (χ3n) is 6.15. The van der Waals surface area contributed by atoms with Crippen LogP contribution in [0.25, 0.3) is 10.9 Å². The monoisotopic (exact) mass is 395 g/mol. The van der Waals surface area contributed by atoms with Gasteiger partial charge in [0, 0.05) is 30.4 Å². The number of halogens is 1. The molecule has 0 saturated heterocycles. The number of anilines is 1. The maximum Gasteiger partial charge on any atom is 0.153 e. The number of hydrogen-bond acceptors (Lipinski definition) is 2. The minimum absolute atomic E-state index is 0. The van der Waals surface area contributed by atoms with E-state index in [1.807, 2.05) is 12.3 Å². The topological polar surface area (TPSA) is 21.1 Å². The Bertz CT molecular complexity index is 989. The van der Waals surface area contributed by atoms with E-state index in [2.05, 4.69) is 67.1 Å². The van der Waals surface area contributed by atoms with E-state index >= 15 is 0 Å². The van der Waals surface area contributed by atoms with Crippen molar-refractivity contribution < 1.29 is 0 Å². The number of hydrogen-bond donors (Lipinski definition) is 0. The van der Waals surface area contributed by atoms with Crippen LogP contribution in [0.5, 0.6) is 0 Å². The molecule has 148 valence electrons. The van der Waals surface area contributed by atoms with Crippen LogP contribution in [-0.2, 0) is 13.0 Å². The minimum Gasteiger partial charge on any atom is -0.347 e. The zero-order chi connectivity index (χ0) is 19.0. The Labute approximate surface area is 174 Å². The maximum atomic E-state index is 4.90. The molecule has 4 heteroatoms. The fourth-order valence-electron chi connectivity index (χ4n) is 4.63. The van der Waals surface area contributed by atoms with Gasteiger partial charge in [0.2, 0.25) is 0 Å². The molecule has 1 aliphatic rings. The van der Waals surface area contributed by atoms with E-state index in [1.165, 1.54) is 33.3 Å². The van der Waals surface area contributed by atoms with Crippen LogP contribution in [0.1, 0.15) is 48.2 Å². The molecular weight excluding hydrogens is 366 g/mol. The van der Waals surface area contributed by atoms with E-state index in [1.54, 1.807) is 0 Å². The number of nitrogens with zero attached hydrogens (tertiary/aromatic N) is 3. The highest BCUT2D eigenvalue weighted by Crippen LogP contribution is 2.39. The predicted octanol–water partition coefficient (Wildman–Crippen LogP) is 6.16. The van der Waals surface area contributed by atoms with Gasteiger partial charge in [-0.05, 0) is 55.9 Å². The van der Waals surface area contributed by atoms with Gasteiger partial charge in [-0.15, -0.1) is 19.0 Å². The van der Waals surface area contributed by atoms with Crippen molar-refractivity contribution in [3.05, 3.63) is 71.6 Å². The fourth-order valence-corrected chi connectivity index (χ4v) is 4.63. The summed E-state index contributed by atoms with van der Waals surface area (Å²) in [5.41, 5.74) is 6.94. The molecular formula is C24H30ClN3. The predicted molar refractivity (Wildman–Crippen MR) is 122 cm³/mol. The van der Waals surface area contributed by atoms with Gasteiger partial charge >= 0.3 is 0 Å². The van der Waals surface area contributed by atoms with Gasteiger partial charge in [0.1, 0.15) is 0 Å². The average Bonchev–Trinajstić information content (AvgIpc) is 2.96. The summed E-state index contributed by atoms with van der Waals surface area (Å²) in [5, 5.41) is 1.33. The molecule has 3 heterocycles. The van der Waals surface area contributed by atoms with Crippen LogP contribution < -0.4 is 4.90 Å². The van der Waals surface area contributed by atoms with E-state index in [9.17, 15) is 0 Å². The zero-order valence-electron chi connectivity index (χ0n) is 17.1. The third-order valence-corrected chi connectivity index (χ3v) is 6.15. The van der Waals surface area contributed by atoms with Gasteiger partial charge in [0.25, 0.3) is 0 Å². The van der Waals surface area contributed by atoms with Gasteiger partial charge in [-0.3, -0.25) is 0 Å². The van der Waals surface area contributed by atoms with Crippen LogP contribution in [0.3, 0.4) is 0 Å². The summed E-state index contributed by atoms with van der Waals surface area (Å²) in [6.45, 7) is 12.6. The lowest BCUT2D eigenvalue weighted by Crippen LogP contribution is -2.36. The second-order valence-electron chi connectivity index (χ2n) is 7.54. The van der Waals surface area contributed by atoms with E-state index < -0.39 is 0 Å². The van der Waals surface area contributed by atoms with E-state index in [4.69, 9.17) is 4.98 Å². The molecule has 3 aromatic rings. The van der Waals surface area contributed by atoms with Crippen molar-refractivity contribution in [3.8, 4) is 0 Å². The van der Waals surface area contributed by atoms with Gasteiger partial charge in [0.05, 0.1) is 11.6 Å². The first kappa shape index (κ1) is 20.5. The lowest BCUT2D eigenvalue weighted by Gasteiger charge is -2.38. The Balaban J connectivity index is 0.00000225. The Morgan fingerprint density at radius 1 is 1.21 bits per heavy atom. The number of benzene rings is 1. The largest absolute Gasteiger partial charge is 0.347 e. The van der Waals surface area contributed by atoms with Gasteiger partial charge in [0.15, 0.2) is 5.82 Å². The first-order chi connectivity index (χ1) is 13.2. The third kappa shape index (κ3) is 3.22. The molecule has 0 N–H and O–H groups in total. The molecule has 4 rings (SSSR count). The zero-order valence-corrected chi connectivity index (χ0v) is 17.9. The van der Waals surface area contributed by atoms with Gasteiger partial charge in [-0.2, -0.15) is 0 Å². The minimum atomic E-state index is 0. The average molecular weight is 396 g/mol. The molecule has 28 heavy (non-hydrogen) atoms. The standard InChI is InChI=1S/C24H29N3.ClH/c1-5-7-15-26-18(4)17(3)20-12-14-25-24(23(20)26)27-16-13-19-10-8-9-11-21(19)22(27)6-2;/h5,8-12,14,22H,1,6-7,13,15-16H2,2-4H3;1H. The summed E-state index contributed by atoms with van der Waals surface area (Å²) in [4.78, 5) is 7.44. The number of aromatic nitrogens is 2. The second-order valence-corrected chi connectivity index (χ2v) is 7.54. The fraction of sp³-hybridized carbons (Fsp3) is 0.375. The number of rotatable bonds is 5. The highest BCUT2D eigenvalue weighted by atomic mass is 35.5. The summed E-state index contributed by atoms with van der Waals surface area (Å²) in [6.07, 6.45) is 7.12. The lowest BCUT2D eigenvalue weighted by atomic mass is 9.91. The Hall–Kier alpha value is -2.26.